The molecular formula is C76H103N7O39. The smallest absolute Gasteiger partial charge is 0.335 e. The van der Waals surface area contributed by atoms with Gasteiger partial charge in [-0.15, -0.1) is 0 Å². The van der Waals surface area contributed by atoms with Crippen molar-refractivity contribution in [3.05, 3.63) is 88.0 Å². The summed E-state index contributed by atoms with van der Waals surface area (Å²) in [7, 11) is 0. The van der Waals surface area contributed by atoms with Gasteiger partial charge in [0.05, 0.1) is 42.6 Å². The van der Waals surface area contributed by atoms with E-state index in [4.69, 9.17) is 62.7 Å². The van der Waals surface area contributed by atoms with Crippen molar-refractivity contribution < 1.29 is 190 Å². The van der Waals surface area contributed by atoms with Gasteiger partial charge in [-0.3, -0.25) is 52.7 Å². The fourth-order valence-corrected chi connectivity index (χ4v) is 12.1. The van der Waals surface area contributed by atoms with E-state index in [2.05, 4.69) is 36.7 Å². The maximum atomic E-state index is 14.4. The molecule has 0 aromatic heterocycles. The van der Waals surface area contributed by atoms with E-state index >= 15 is 0 Å². The number of benzene rings is 3. The molecule has 3 aromatic rings. The van der Waals surface area contributed by atoms with Crippen LogP contribution >= 0.6 is 0 Å². The van der Waals surface area contributed by atoms with Crippen molar-refractivity contribution in [3.63, 3.8) is 0 Å². The highest BCUT2D eigenvalue weighted by atomic mass is 16.7. The monoisotopic (exact) mass is 1740 g/mol. The van der Waals surface area contributed by atoms with Crippen molar-refractivity contribution in [2.75, 3.05) is 79.0 Å². The van der Waals surface area contributed by atoms with E-state index in [1.807, 2.05) is 0 Å². The van der Waals surface area contributed by atoms with Crippen molar-refractivity contribution >= 4 is 82.8 Å². The number of aliphatic carboxylic acids is 3. The number of nitrogens with one attached hydrogen (secondary N) is 6. The Morgan fingerprint density at radius 2 is 0.779 bits per heavy atom. The van der Waals surface area contributed by atoms with Gasteiger partial charge in [-0.25, -0.2) is 20.3 Å². The number of carbonyl (C=O) groups is 14. The third kappa shape index (κ3) is 32.0. The van der Waals surface area contributed by atoms with Gasteiger partial charge in [0.25, 0.3) is 11.8 Å². The number of hydrogen-bond acceptors (Lipinski definition) is 37. The third-order valence-corrected chi connectivity index (χ3v) is 18.5. The van der Waals surface area contributed by atoms with Crippen molar-refractivity contribution in [3.8, 4) is 17.2 Å². The zero-order valence-electron chi connectivity index (χ0n) is 66.4. The topological polar surface area (TPSA) is 700 Å². The van der Waals surface area contributed by atoms with Gasteiger partial charge < -0.3 is 155 Å². The molecule has 46 heteroatoms. The number of aliphatic hydroxyl groups excluding tert-OH is 9. The number of aliphatic hydroxyl groups is 9. The normalized spacial score (nSPS) is 22.9. The van der Waals surface area contributed by atoms with Crippen LogP contribution in [0.5, 0.6) is 17.2 Å². The predicted octanol–water partition coefficient (Wildman–Crippen LogP) is -5.80. The van der Waals surface area contributed by atoms with Crippen LogP contribution in [0.3, 0.4) is 0 Å². The molecule has 3 aliphatic rings. The molecule has 0 spiro atoms. The van der Waals surface area contributed by atoms with Crippen LogP contribution in [-0.4, -0.2) is 321 Å². The Morgan fingerprint density at radius 3 is 1.17 bits per heavy atom. The fraction of sp³-hybridized carbons (Fsp3) is 0.579. The summed E-state index contributed by atoms with van der Waals surface area (Å²) in [6.07, 6.45) is -29.9. The highest BCUT2D eigenvalue weighted by Gasteiger charge is 2.51. The molecule has 3 aromatic carbocycles. The lowest BCUT2D eigenvalue weighted by Crippen LogP contribution is -2.61. The zero-order chi connectivity index (χ0) is 89.9. The van der Waals surface area contributed by atoms with Gasteiger partial charge >= 0.3 is 35.8 Å². The highest BCUT2D eigenvalue weighted by Crippen LogP contribution is 2.33. The molecule has 20 N–H and O–H groups in total. The number of hydrogen-bond donors (Lipinski definition) is 19. The van der Waals surface area contributed by atoms with E-state index in [1.54, 1.807) is 0 Å². The standard InChI is InChI=1S/C76H103N7O39/c1-37(84)113-31-40-12-15-50(117-74-62(98)56(92)59(95)65(120-74)71(104)105)44(27-40)48(87)11-8-23-110-34-53(89)78-18-6-4-9-43(68(101)80-22-26-116-77)30-49(88)47(83-55(91)36-112-25-21-82-70(103)46-29-42(33-115-39(3)86)14-17-52(46)119-76-64(100)58(94)61(97)67(122-76)73(108)109)10-5-7-19-79-54(90)35-111-24-20-81-69(102)45-28-41(32-114-38(2)85)13-16-51(45)118-75-63(99)57(93)60(96)66(121-75)72(106)107/h12-17,27-29,43,47,56-67,74-76,92-100H,4-11,18-26,30-36,77H2,1-3H3,(H,78,89)(H,79,90)(H,80,101)(H,81,102)(H,82,103)(H,83,91)(H,104,105)(H,106,107)(H,108,109)/t43-,47+,56+,57+,58+,59+,60+,61+,62-,63-,64-,65+,66+,67+,74?,75?,76-/m1/s1. The number of carbonyl (C=O) groups excluding carboxylic acids is 11. The molecule has 3 aliphatic heterocycles. The van der Waals surface area contributed by atoms with Crippen molar-refractivity contribution in [1.29, 1.82) is 0 Å². The Kier molecular flexibility index (Phi) is 41.6. The molecule has 6 amide bonds. The molecule has 6 rings (SSSR count). The molecule has 2 unspecified atom stereocenters. The Hall–Kier alpha value is -10.6. The molecule has 0 saturated carbocycles. The number of nitrogens with two attached hydrogens (primary N) is 1. The van der Waals surface area contributed by atoms with Gasteiger partial charge in [0.15, 0.2) is 29.9 Å². The van der Waals surface area contributed by atoms with E-state index in [0.29, 0.717) is 5.56 Å². The number of Topliss-reactive ketones (excluding diaryl/α,β-unsaturated/α-hetero) is 2. The van der Waals surface area contributed by atoms with Crippen LogP contribution in [0.2, 0.25) is 0 Å². The molecule has 0 radical (unpaired) electrons. The first-order valence-corrected chi connectivity index (χ1v) is 38.3. The first kappa shape index (κ1) is 100. The summed E-state index contributed by atoms with van der Waals surface area (Å²) in [6, 6.07) is 10.3. The van der Waals surface area contributed by atoms with Crippen molar-refractivity contribution in [2.45, 2.75) is 197 Å². The summed E-state index contributed by atoms with van der Waals surface area (Å²) in [5.74, 6) is -9.32. The van der Waals surface area contributed by atoms with Crippen LogP contribution in [0.4, 0.5) is 0 Å². The Labute approximate surface area is 695 Å². The summed E-state index contributed by atoms with van der Waals surface area (Å²) in [4.78, 5) is 183. The maximum Gasteiger partial charge on any atom is 0.335 e. The minimum atomic E-state index is -2.07. The van der Waals surface area contributed by atoms with Crippen LogP contribution in [0.25, 0.3) is 0 Å². The predicted molar refractivity (Wildman–Crippen MR) is 403 cm³/mol. The average molecular weight is 1740 g/mol. The van der Waals surface area contributed by atoms with Gasteiger partial charge in [0.1, 0.15) is 112 Å². The summed E-state index contributed by atoms with van der Waals surface area (Å²) in [5, 5.41) is 137. The summed E-state index contributed by atoms with van der Waals surface area (Å²) < 4.78 is 64.2. The van der Waals surface area contributed by atoms with Crippen molar-refractivity contribution in [2.24, 2.45) is 11.8 Å². The first-order valence-electron chi connectivity index (χ1n) is 38.3. The van der Waals surface area contributed by atoms with Gasteiger partial charge in [-0.2, -0.15) is 0 Å². The summed E-state index contributed by atoms with van der Waals surface area (Å²) >= 11 is 0. The molecule has 3 saturated heterocycles. The molecule has 676 valence electrons. The number of carboxylic acids is 3. The fourth-order valence-electron chi connectivity index (χ4n) is 12.1. The zero-order valence-corrected chi connectivity index (χ0v) is 66.4. The average Bonchev–Trinajstić information content (AvgIpc) is 0.801. The second-order valence-corrected chi connectivity index (χ2v) is 27.9. The van der Waals surface area contributed by atoms with Crippen LogP contribution in [-0.2, 0) is 120 Å². The lowest BCUT2D eigenvalue weighted by Gasteiger charge is -2.38. The minimum Gasteiger partial charge on any atom is -0.479 e. The Balaban J connectivity index is 1.04. The third-order valence-electron chi connectivity index (χ3n) is 18.5. The molecule has 46 nitrogen and oxygen atoms in total. The first-order chi connectivity index (χ1) is 58.0. The number of unbranched alkanes of at least 4 members (excludes halogenated alkanes) is 2. The van der Waals surface area contributed by atoms with E-state index in [9.17, 15) is 128 Å². The SMILES string of the molecule is CC(=O)OCc1ccc(OC2O[C@H](C(=O)O)[C@@H](O)[C@H](O)[C@H]2O)c(C(=O)CCCOCC(=O)NCCCC[C@H](CC(=O)[C@H](CCCCNC(=O)COCCNC(=O)c2cc(COC(C)=O)ccc2OC2O[C@H](C(=O)O)[C@@H](O)[C@H](O)[C@H]2O)NC(=O)COCCNC(=O)c2cc(COC(C)=O)ccc2O[C@@H]2O[C@H](C(=O)O)[C@@H](O)[C@H](O)[C@H]2O)C(=O)NCCON)c1. The van der Waals surface area contributed by atoms with Crippen LogP contribution in [0, 0.1) is 5.92 Å². The maximum absolute atomic E-state index is 14.4. The Bertz CT molecular complexity index is 4060. The molecule has 3 heterocycles. The number of amides is 6. The second-order valence-electron chi connectivity index (χ2n) is 27.9. The summed E-state index contributed by atoms with van der Waals surface area (Å²) in [5.41, 5.74) is 0.198. The lowest BCUT2D eigenvalue weighted by molar-refractivity contribution is -0.271. The molecule has 0 aliphatic carbocycles. The molecule has 0 bridgehead atoms. The highest BCUT2D eigenvalue weighted by molar-refractivity contribution is 5.99. The number of rotatable bonds is 52. The second kappa shape index (κ2) is 50.7. The van der Waals surface area contributed by atoms with Gasteiger partial charge in [-0.05, 0) is 91.6 Å². The number of carboxylic acid groups (broad SMARTS) is 3. The number of esters is 3. The van der Waals surface area contributed by atoms with Crippen LogP contribution < -0.4 is 52.0 Å². The molecule has 122 heavy (non-hydrogen) atoms. The molecule has 17 atom stereocenters. The molecule has 3 fully saturated rings. The largest absolute Gasteiger partial charge is 0.479 e. The van der Waals surface area contributed by atoms with Crippen molar-refractivity contribution in [1.82, 2.24) is 31.9 Å². The van der Waals surface area contributed by atoms with E-state index in [0.717, 1.165) is 20.8 Å². The van der Waals surface area contributed by atoms with Gasteiger partial charge in [-0.1, -0.05) is 24.6 Å². The van der Waals surface area contributed by atoms with E-state index in [1.165, 1.54) is 54.6 Å². The summed E-state index contributed by atoms with van der Waals surface area (Å²) in [6.45, 7) is -0.585. The van der Waals surface area contributed by atoms with E-state index in [-0.39, 0.29) is 175 Å². The minimum absolute atomic E-state index is 0.00275. The number of ether oxygens (including phenoxy) is 12. The van der Waals surface area contributed by atoms with Crippen LogP contribution in [0.15, 0.2) is 54.6 Å². The van der Waals surface area contributed by atoms with E-state index < -0.39 is 213 Å². The quantitative estimate of drug-likeness (QED) is 0.00823. The van der Waals surface area contributed by atoms with Gasteiger partial charge in [0, 0.05) is 78.9 Å². The molecular weight excluding hydrogens is 1630 g/mol. The van der Waals surface area contributed by atoms with Gasteiger partial charge in [0.2, 0.25) is 42.5 Å². The Morgan fingerprint density at radius 1 is 0.410 bits per heavy atom. The van der Waals surface area contributed by atoms with Crippen LogP contribution in [0.1, 0.15) is 126 Å². The number of ketones is 2. The lowest BCUT2D eigenvalue weighted by atomic mass is 9.91.